The van der Waals surface area contributed by atoms with E-state index in [-0.39, 0.29) is 11.4 Å². The van der Waals surface area contributed by atoms with Gasteiger partial charge < -0.3 is 4.90 Å². The lowest BCUT2D eigenvalue weighted by Gasteiger charge is -2.27. The Balaban J connectivity index is 1.76. The average molecular weight is 382 g/mol. The smallest absolute Gasteiger partial charge is 0.241 e. The number of sulfonamides is 1. The van der Waals surface area contributed by atoms with Crippen molar-refractivity contribution in [3.63, 3.8) is 0 Å². The summed E-state index contributed by atoms with van der Waals surface area (Å²) in [6.45, 7) is 3.51. The SMILES string of the molecule is Cc1cc(CNS(=O)(=O)c2ccc(F)c(F)c2)nc(N2CCCCC2)n1. The van der Waals surface area contributed by atoms with E-state index in [1.54, 1.807) is 6.07 Å². The van der Waals surface area contributed by atoms with Crippen molar-refractivity contribution in [2.45, 2.75) is 37.6 Å². The molecular weight excluding hydrogens is 362 g/mol. The lowest BCUT2D eigenvalue weighted by atomic mass is 10.1. The summed E-state index contributed by atoms with van der Waals surface area (Å²) in [7, 11) is -3.98. The Morgan fingerprint density at radius 3 is 2.50 bits per heavy atom. The minimum absolute atomic E-state index is 0.0640. The molecule has 0 spiro atoms. The molecule has 1 aliphatic heterocycles. The molecule has 3 rings (SSSR count). The van der Waals surface area contributed by atoms with Gasteiger partial charge >= 0.3 is 0 Å². The second-order valence-electron chi connectivity index (χ2n) is 6.25. The molecule has 1 aromatic carbocycles. The van der Waals surface area contributed by atoms with Crippen LogP contribution in [0, 0.1) is 18.6 Å². The number of aryl methyl sites for hydroxylation is 1. The number of halogens is 2. The van der Waals surface area contributed by atoms with Gasteiger partial charge in [0.1, 0.15) is 0 Å². The van der Waals surface area contributed by atoms with Crippen LogP contribution in [0.1, 0.15) is 30.7 Å². The first-order valence-corrected chi connectivity index (χ1v) is 9.88. The van der Waals surface area contributed by atoms with Crippen molar-refractivity contribution in [3.05, 3.63) is 47.3 Å². The third-order valence-electron chi connectivity index (χ3n) is 4.18. The highest BCUT2D eigenvalue weighted by molar-refractivity contribution is 7.89. The average Bonchev–Trinajstić information content (AvgIpc) is 2.62. The van der Waals surface area contributed by atoms with Gasteiger partial charge in [-0.1, -0.05) is 0 Å². The quantitative estimate of drug-likeness (QED) is 0.860. The van der Waals surface area contributed by atoms with Crippen LogP contribution in [0.2, 0.25) is 0 Å². The van der Waals surface area contributed by atoms with Gasteiger partial charge in [0.05, 0.1) is 17.1 Å². The van der Waals surface area contributed by atoms with E-state index in [4.69, 9.17) is 0 Å². The van der Waals surface area contributed by atoms with Crippen LogP contribution in [0.4, 0.5) is 14.7 Å². The van der Waals surface area contributed by atoms with E-state index in [0.29, 0.717) is 17.7 Å². The van der Waals surface area contributed by atoms with Gasteiger partial charge in [-0.2, -0.15) is 0 Å². The fourth-order valence-corrected chi connectivity index (χ4v) is 3.85. The van der Waals surface area contributed by atoms with Gasteiger partial charge in [-0.15, -0.1) is 0 Å². The third-order valence-corrected chi connectivity index (χ3v) is 5.58. The molecule has 0 bridgehead atoms. The molecule has 1 fully saturated rings. The minimum Gasteiger partial charge on any atom is -0.341 e. The lowest BCUT2D eigenvalue weighted by Crippen LogP contribution is -2.32. The summed E-state index contributed by atoms with van der Waals surface area (Å²) in [6, 6.07) is 4.15. The van der Waals surface area contributed by atoms with Crippen molar-refractivity contribution in [2.24, 2.45) is 0 Å². The van der Waals surface area contributed by atoms with Crippen molar-refractivity contribution in [1.82, 2.24) is 14.7 Å². The first-order chi connectivity index (χ1) is 12.3. The lowest BCUT2D eigenvalue weighted by molar-refractivity contribution is 0.504. The van der Waals surface area contributed by atoms with Crippen LogP contribution < -0.4 is 9.62 Å². The van der Waals surface area contributed by atoms with Crippen molar-refractivity contribution in [2.75, 3.05) is 18.0 Å². The van der Waals surface area contributed by atoms with Crippen molar-refractivity contribution >= 4 is 16.0 Å². The summed E-state index contributed by atoms with van der Waals surface area (Å²) in [4.78, 5) is 10.6. The van der Waals surface area contributed by atoms with E-state index in [1.807, 2.05) is 6.92 Å². The predicted octanol–water partition coefficient (Wildman–Crippen LogP) is 2.53. The number of hydrogen-bond acceptors (Lipinski definition) is 5. The number of nitrogens with zero attached hydrogens (tertiary/aromatic N) is 3. The van der Waals surface area contributed by atoms with Crippen LogP contribution in [-0.2, 0) is 16.6 Å². The van der Waals surface area contributed by atoms with Crippen molar-refractivity contribution in [3.8, 4) is 0 Å². The Morgan fingerprint density at radius 2 is 1.81 bits per heavy atom. The maximum Gasteiger partial charge on any atom is 0.241 e. The number of benzene rings is 1. The van der Waals surface area contributed by atoms with Gasteiger partial charge in [0.25, 0.3) is 0 Å². The van der Waals surface area contributed by atoms with Crippen molar-refractivity contribution in [1.29, 1.82) is 0 Å². The molecule has 26 heavy (non-hydrogen) atoms. The van der Waals surface area contributed by atoms with E-state index in [9.17, 15) is 17.2 Å². The van der Waals surface area contributed by atoms with E-state index < -0.39 is 21.7 Å². The van der Waals surface area contributed by atoms with Gasteiger partial charge in [-0.05, 0) is 50.5 Å². The highest BCUT2D eigenvalue weighted by Crippen LogP contribution is 2.18. The Labute approximate surface area is 151 Å². The predicted molar refractivity (Wildman–Crippen MR) is 93.2 cm³/mol. The van der Waals surface area contributed by atoms with Gasteiger partial charge in [0.2, 0.25) is 16.0 Å². The van der Waals surface area contributed by atoms with E-state index in [2.05, 4.69) is 19.6 Å². The number of piperidine rings is 1. The van der Waals surface area contributed by atoms with E-state index in [0.717, 1.165) is 43.8 Å². The van der Waals surface area contributed by atoms with Crippen LogP contribution in [-0.4, -0.2) is 31.5 Å². The molecule has 2 heterocycles. The molecule has 0 saturated carbocycles. The molecule has 9 heteroatoms. The molecule has 2 aromatic rings. The molecule has 1 N–H and O–H groups in total. The maximum absolute atomic E-state index is 13.3. The number of nitrogens with one attached hydrogen (secondary N) is 1. The van der Waals surface area contributed by atoms with Gasteiger partial charge in [0, 0.05) is 18.8 Å². The van der Waals surface area contributed by atoms with Crippen LogP contribution in [0.5, 0.6) is 0 Å². The normalized spacial score (nSPS) is 15.3. The number of anilines is 1. The summed E-state index contributed by atoms with van der Waals surface area (Å²) in [5.41, 5.74) is 1.26. The molecule has 0 radical (unpaired) electrons. The second kappa shape index (κ2) is 7.63. The Kier molecular flexibility index (Phi) is 5.47. The molecule has 0 atom stereocenters. The first-order valence-electron chi connectivity index (χ1n) is 8.39. The monoisotopic (exact) mass is 382 g/mol. The number of rotatable bonds is 5. The third kappa shape index (κ3) is 4.34. The second-order valence-corrected chi connectivity index (χ2v) is 8.02. The minimum atomic E-state index is -3.98. The highest BCUT2D eigenvalue weighted by atomic mass is 32.2. The number of aromatic nitrogens is 2. The highest BCUT2D eigenvalue weighted by Gasteiger charge is 2.18. The van der Waals surface area contributed by atoms with E-state index in [1.165, 1.54) is 6.42 Å². The summed E-state index contributed by atoms with van der Waals surface area (Å²) >= 11 is 0. The molecule has 0 aliphatic carbocycles. The molecule has 140 valence electrons. The maximum atomic E-state index is 13.3. The Morgan fingerprint density at radius 1 is 1.08 bits per heavy atom. The molecule has 0 amide bonds. The first kappa shape index (κ1) is 18.7. The fraction of sp³-hybridized carbons (Fsp3) is 0.412. The summed E-state index contributed by atoms with van der Waals surface area (Å²) in [6.07, 6.45) is 3.34. The molecular formula is C17H20F2N4O2S. The topological polar surface area (TPSA) is 75.2 Å². The molecule has 1 aliphatic rings. The van der Waals surface area contributed by atoms with E-state index >= 15 is 0 Å². The van der Waals surface area contributed by atoms with Crippen molar-refractivity contribution < 1.29 is 17.2 Å². The Hall–Kier alpha value is -2.13. The zero-order valence-electron chi connectivity index (χ0n) is 14.4. The standard InChI is InChI=1S/C17H20F2N4O2S/c1-12-9-13(22-17(21-12)23-7-3-2-4-8-23)11-20-26(24,25)14-5-6-15(18)16(19)10-14/h5-6,9-10,20H,2-4,7-8,11H2,1H3. The summed E-state index contributed by atoms with van der Waals surface area (Å²) in [5.74, 6) is -1.72. The van der Waals surface area contributed by atoms with Crippen LogP contribution in [0.15, 0.2) is 29.2 Å². The van der Waals surface area contributed by atoms with Crippen LogP contribution in [0.3, 0.4) is 0 Å². The summed E-state index contributed by atoms with van der Waals surface area (Å²) < 4.78 is 53.2. The molecule has 6 nitrogen and oxygen atoms in total. The van der Waals surface area contributed by atoms with Crippen LogP contribution >= 0.6 is 0 Å². The van der Waals surface area contributed by atoms with Gasteiger partial charge in [-0.3, -0.25) is 0 Å². The fourth-order valence-electron chi connectivity index (χ4n) is 2.84. The number of hydrogen-bond donors (Lipinski definition) is 1. The molecule has 1 saturated heterocycles. The zero-order valence-corrected chi connectivity index (χ0v) is 15.2. The van der Waals surface area contributed by atoms with Gasteiger partial charge in [0.15, 0.2) is 11.6 Å². The Bertz CT molecular complexity index is 900. The largest absolute Gasteiger partial charge is 0.341 e. The van der Waals surface area contributed by atoms with Crippen LogP contribution in [0.25, 0.3) is 0 Å². The molecule has 0 unspecified atom stereocenters. The van der Waals surface area contributed by atoms with Gasteiger partial charge in [-0.25, -0.2) is 31.9 Å². The molecule has 1 aromatic heterocycles. The zero-order chi connectivity index (χ0) is 18.7. The summed E-state index contributed by atoms with van der Waals surface area (Å²) in [5, 5.41) is 0.